The smallest absolute Gasteiger partial charge is 0.0594 e. The van der Waals surface area contributed by atoms with Crippen molar-refractivity contribution in [1.29, 1.82) is 0 Å². The molecule has 0 aromatic rings. The zero-order chi connectivity index (χ0) is 32.7. The third kappa shape index (κ3) is 20.1. The minimum absolute atomic E-state index is 0.689. The van der Waals surface area contributed by atoms with Crippen molar-refractivity contribution in [2.45, 2.75) is 170 Å². The summed E-state index contributed by atoms with van der Waals surface area (Å²) in [5.41, 5.74) is 0. The van der Waals surface area contributed by atoms with E-state index >= 15 is 0 Å². The van der Waals surface area contributed by atoms with Gasteiger partial charge in [0.05, 0.1) is 13.2 Å². The molecule has 0 unspecified atom stereocenters. The average molecular weight is 624 g/mol. The van der Waals surface area contributed by atoms with Crippen LogP contribution in [0.4, 0.5) is 0 Å². The van der Waals surface area contributed by atoms with Crippen molar-refractivity contribution in [3.63, 3.8) is 0 Å². The fourth-order valence-corrected chi connectivity index (χ4v) is 6.66. The quantitative estimate of drug-likeness (QED) is 0.309. The van der Waals surface area contributed by atoms with Crippen LogP contribution in [0.25, 0.3) is 0 Å². The van der Waals surface area contributed by atoms with Crippen LogP contribution < -0.4 is 0 Å². The molecule has 0 atom stereocenters. The Kier molecular flexibility index (Phi) is 24.5. The molecule has 5 aliphatic heterocycles. The molecule has 0 spiro atoms. The number of hydrogen-bond donors (Lipinski definition) is 0. The lowest BCUT2D eigenvalue weighted by Crippen LogP contribution is -2.40. The van der Waals surface area contributed by atoms with E-state index in [4.69, 9.17) is 4.74 Å². The first-order chi connectivity index (χ1) is 21.0. The molecule has 0 aromatic heterocycles. The van der Waals surface area contributed by atoms with Crippen LogP contribution in [0.15, 0.2) is 0 Å². The predicted molar refractivity (Wildman–Crippen MR) is 195 cm³/mol. The first-order valence-corrected chi connectivity index (χ1v) is 19.3. The van der Waals surface area contributed by atoms with Gasteiger partial charge in [0.25, 0.3) is 0 Å². The highest BCUT2D eigenvalue weighted by Gasteiger charge is 2.15. The highest BCUT2D eigenvalue weighted by Crippen LogP contribution is 2.13. The number of hydrogen-bond acceptors (Lipinski definition) is 6. The Bertz CT molecular complexity index is 523. The van der Waals surface area contributed by atoms with Crippen molar-refractivity contribution in [2.24, 2.45) is 0 Å². The lowest BCUT2D eigenvalue weighted by atomic mass is 10.1. The molecule has 5 heterocycles. The summed E-state index contributed by atoms with van der Waals surface area (Å²) >= 11 is 0. The van der Waals surface area contributed by atoms with Gasteiger partial charge in [-0.15, -0.1) is 0 Å². The monoisotopic (exact) mass is 624 g/mol. The van der Waals surface area contributed by atoms with Crippen LogP contribution in [0.3, 0.4) is 0 Å². The molecule has 0 aliphatic carbocycles. The van der Waals surface area contributed by atoms with Crippen LogP contribution in [-0.2, 0) is 4.74 Å². The molecule has 0 radical (unpaired) electrons. The minimum atomic E-state index is 0.689. The largest absolute Gasteiger partial charge is 0.379 e. The maximum Gasteiger partial charge on any atom is 0.0594 e. The summed E-state index contributed by atoms with van der Waals surface area (Å²) in [4.78, 5) is 12.6. The minimum Gasteiger partial charge on any atom is -0.379 e. The lowest BCUT2D eigenvalue weighted by molar-refractivity contribution is 0.0238. The van der Waals surface area contributed by atoms with Crippen LogP contribution in [0.1, 0.15) is 140 Å². The zero-order valence-corrected chi connectivity index (χ0v) is 31.8. The summed E-state index contributed by atoms with van der Waals surface area (Å²) in [6.07, 6.45) is 15.7. The Labute approximate surface area is 277 Å². The van der Waals surface area contributed by atoms with Crippen LogP contribution in [0.5, 0.6) is 0 Å². The Morgan fingerprint density at radius 1 is 0.273 bits per heavy atom. The standard InChI is InChI=1S/3C8H17N.C7H15NO.C7H15N/c3*1-8(2)9-6-4-3-5-7-9;1-7(2)8-3-5-9-6-4-8;1-7(2)8-5-3-4-6-8/h3*8H,3-7H2,1-2H3;7H,3-6H2,1-2H3;7H,3-6H2,1-2H3. The molecule has 0 bridgehead atoms. The second-order valence-corrected chi connectivity index (χ2v) is 15.2. The van der Waals surface area contributed by atoms with Gasteiger partial charge in [0.2, 0.25) is 0 Å². The molecule has 6 heteroatoms. The summed E-state index contributed by atoms with van der Waals surface area (Å²) in [7, 11) is 0. The Balaban J connectivity index is 0.000000275. The number of ether oxygens (including phenoxy) is 1. The van der Waals surface area contributed by atoms with Gasteiger partial charge in [-0.3, -0.25) is 4.90 Å². The van der Waals surface area contributed by atoms with Gasteiger partial charge in [-0.1, -0.05) is 19.3 Å². The molecular formula is C38H81N5O. The zero-order valence-electron chi connectivity index (χ0n) is 31.8. The second kappa shape index (κ2) is 25.8. The van der Waals surface area contributed by atoms with E-state index < -0.39 is 0 Å². The van der Waals surface area contributed by atoms with E-state index in [2.05, 4.69) is 93.7 Å². The first kappa shape index (κ1) is 41.8. The summed E-state index contributed by atoms with van der Waals surface area (Å²) in [6.45, 7) is 37.4. The summed E-state index contributed by atoms with van der Waals surface area (Å²) in [5.74, 6) is 0. The number of rotatable bonds is 5. The van der Waals surface area contributed by atoms with Crippen LogP contribution in [0.2, 0.25) is 0 Å². The Hall–Kier alpha value is -0.240. The van der Waals surface area contributed by atoms with Gasteiger partial charge in [-0.05, 0) is 173 Å². The number of nitrogens with zero attached hydrogens (tertiary/aromatic N) is 5. The van der Waals surface area contributed by atoms with Gasteiger partial charge in [0.15, 0.2) is 0 Å². The van der Waals surface area contributed by atoms with Crippen molar-refractivity contribution < 1.29 is 4.74 Å². The molecule has 0 aromatic carbocycles. The third-order valence-electron chi connectivity index (χ3n) is 10.0. The normalized spacial score (nSPS) is 23.0. The van der Waals surface area contributed by atoms with Gasteiger partial charge in [0, 0.05) is 43.3 Å². The maximum absolute atomic E-state index is 5.21. The fourth-order valence-electron chi connectivity index (χ4n) is 6.66. The van der Waals surface area contributed by atoms with E-state index in [0.717, 1.165) is 50.5 Å². The highest BCUT2D eigenvalue weighted by atomic mass is 16.5. The highest BCUT2D eigenvalue weighted by molar-refractivity contribution is 4.70. The topological polar surface area (TPSA) is 25.4 Å². The summed E-state index contributed by atoms with van der Waals surface area (Å²) < 4.78 is 5.21. The van der Waals surface area contributed by atoms with Crippen LogP contribution >= 0.6 is 0 Å². The molecule has 6 nitrogen and oxygen atoms in total. The van der Waals surface area contributed by atoms with E-state index in [9.17, 15) is 0 Å². The maximum atomic E-state index is 5.21. The van der Waals surface area contributed by atoms with Crippen LogP contribution in [0, 0.1) is 0 Å². The Morgan fingerprint density at radius 3 is 0.614 bits per heavy atom. The van der Waals surface area contributed by atoms with E-state index in [1.165, 1.54) is 123 Å². The van der Waals surface area contributed by atoms with Gasteiger partial charge in [-0.2, -0.15) is 0 Å². The number of likely N-dealkylation sites (tertiary alicyclic amines) is 4. The first-order valence-electron chi connectivity index (χ1n) is 19.3. The van der Waals surface area contributed by atoms with Gasteiger partial charge >= 0.3 is 0 Å². The molecule has 5 aliphatic rings. The molecular weight excluding hydrogens is 542 g/mol. The second-order valence-electron chi connectivity index (χ2n) is 15.2. The number of morpholine rings is 1. The van der Waals surface area contributed by atoms with E-state index in [0.29, 0.717) is 6.04 Å². The van der Waals surface area contributed by atoms with E-state index in [1.807, 2.05) is 0 Å². The molecule has 44 heavy (non-hydrogen) atoms. The molecule has 5 saturated heterocycles. The third-order valence-corrected chi connectivity index (χ3v) is 10.0. The predicted octanol–water partition coefficient (Wildman–Crippen LogP) is 7.86. The molecule has 5 rings (SSSR count). The van der Waals surface area contributed by atoms with Gasteiger partial charge in [-0.25, -0.2) is 0 Å². The van der Waals surface area contributed by atoms with Crippen LogP contribution in [-0.4, -0.2) is 133 Å². The van der Waals surface area contributed by atoms with E-state index in [1.54, 1.807) is 0 Å². The number of piperidine rings is 3. The molecule has 0 saturated carbocycles. The SMILES string of the molecule is CC(C)N1CCCC1.CC(C)N1CCCCC1.CC(C)N1CCCCC1.CC(C)N1CCCCC1.CC(C)N1CCOCC1. The molecule has 5 fully saturated rings. The van der Waals surface area contributed by atoms with Crippen molar-refractivity contribution in [1.82, 2.24) is 24.5 Å². The van der Waals surface area contributed by atoms with Crippen molar-refractivity contribution >= 4 is 0 Å². The van der Waals surface area contributed by atoms with Crippen molar-refractivity contribution in [2.75, 3.05) is 78.7 Å². The lowest BCUT2D eigenvalue weighted by Gasteiger charge is -2.29. The summed E-state index contributed by atoms with van der Waals surface area (Å²) in [6, 6.07) is 3.77. The van der Waals surface area contributed by atoms with E-state index in [-0.39, 0.29) is 0 Å². The van der Waals surface area contributed by atoms with Gasteiger partial charge < -0.3 is 24.3 Å². The average Bonchev–Trinajstić information content (AvgIpc) is 3.60. The fraction of sp³-hybridized carbons (Fsp3) is 1.00. The molecule has 264 valence electrons. The Morgan fingerprint density at radius 2 is 0.455 bits per heavy atom. The summed E-state index contributed by atoms with van der Waals surface area (Å²) in [5, 5.41) is 0. The van der Waals surface area contributed by atoms with Crippen molar-refractivity contribution in [3.05, 3.63) is 0 Å². The molecule has 0 amide bonds. The van der Waals surface area contributed by atoms with Gasteiger partial charge in [0.1, 0.15) is 0 Å². The van der Waals surface area contributed by atoms with Crippen molar-refractivity contribution in [3.8, 4) is 0 Å². The molecule has 0 N–H and O–H groups in total.